The lowest BCUT2D eigenvalue weighted by molar-refractivity contribution is -0.117. The van der Waals surface area contributed by atoms with E-state index in [1.807, 2.05) is 24.3 Å². The Balaban J connectivity index is 1.65. The van der Waals surface area contributed by atoms with E-state index >= 15 is 0 Å². The van der Waals surface area contributed by atoms with Gasteiger partial charge in [-0.1, -0.05) is 29.5 Å². The Morgan fingerprint density at radius 3 is 2.78 bits per heavy atom. The van der Waals surface area contributed by atoms with Gasteiger partial charge in [-0.05, 0) is 23.1 Å². The van der Waals surface area contributed by atoms with Crippen LogP contribution in [0.4, 0.5) is 5.13 Å². The van der Waals surface area contributed by atoms with E-state index in [9.17, 15) is 4.79 Å². The summed E-state index contributed by atoms with van der Waals surface area (Å²) in [5.41, 5.74) is 9.81. The highest BCUT2D eigenvalue weighted by atomic mass is 32.1. The van der Waals surface area contributed by atoms with Gasteiger partial charge in [0.05, 0.1) is 30.9 Å². The number of fused-ring (bicyclic) bond motifs is 2. The summed E-state index contributed by atoms with van der Waals surface area (Å²) in [4.78, 5) is 18.4. The Kier molecular flexibility index (Phi) is 4.61. The lowest BCUT2D eigenvalue weighted by Gasteiger charge is -2.29. The first-order valence-corrected chi connectivity index (χ1v) is 9.56. The van der Waals surface area contributed by atoms with Crippen molar-refractivity contribution in [1.29, 1.82) is 0 Å². The van der Waals surface area contributed by atoms with Crippen molar-refractivity contribution in [3.8, 4) is 11.5 Å². The van der Waals surface area contributed by atoms with Crippen molar-refractivity contribution < 1.29 is 14.3 Å². The zero-order valence-electron chi connectivity index (χ0n) is 15.3. The van der Waals surface area contributed by atoms with Gasteiger partial charge in [-0.25, -0.2) is 4.98 Å². The van der Waals surface area contributed by atoms with Crippen molar-refractivity contribution in [3.63, 3.8) is 0 Å². The van der Waals surface area contributed by atoms with E-state index in [-0.39, 0.29) is 5.91 Å². The number of rotatable bonds is 5. The maximum atomic E-state index is 11.3. The van der Waals surface area contributed by atoms with Crippen LogP contribution < -0.4 is 20.1 Å². The summed E-state index contributed by atoms with van der Waals surface area (Å²) in [6, 6.07) is 9.99. The van der Waals surface area contributed by atoms with E-state index in [1.165, 1.54) is 11.1 Å². The topological polar surface area (TPSA) is 77.7 Å². The molecule has 7 heteroatoms. The van der Waals surface area contributed by atoms with Gasteiger partial charge in [-0.2, -0.15) is 0 Å². The SMILES string of the molecule is COc1cc2nc(N3CCc4c(CC(N)=O)cccc4C3)sc2cc1OC. The molecule has 0 radical (unpaired) electrons. The Bertz CT molecular complexity index is 974. The molecule has 0 saturated carbocycles. The molecule has 2 aromatic carbocycles. The summed E-state index contributed by atoms with van der Waals surface area (Å²) in [6.07, 6.45) is 1.17. The highest BCUT2D eigenvalue weighted by molar-refractivity contribution is 7.22. The Morgan fingerprint density at radius 2 is 2.04 bits per heavy atom. The smallest absolute Gasteiger partial charge is 0.221 e. The molecular weight excluding hydrogens is 362 g/mol. The Labute approximate surface area is 161 Å². The molecule has 2 heterocycles. The van der Waals surface area contributed by atoms with Crippen LogP contribution in [0.1, 0.15) is 16.7 Å². The number of primary amides is 1. The van der Waals surface area contributed by atoms with Crippen LogP contribution in [0.5, 0.6) is 11.5 Å². The van der Waals surface area contributed by atoms with Crippen molar-refractivity contribution >= 4 is 32.6 Å². The molecule has 2 N–H and O–H groups in total. The number of ether oxygens (including phenoxy) is 2. The molecule has 0 saturated heterocycles. The van der Waals surface area contributed by atoms with Crippen molar-refractivity contribution in [3.05, 3.63) is 47.0 Å². The van der Waals surface area contributed by atoms with E-state index in [0.29, 0.717) is 17.9 Å². The summed E-state index contributed by atoms with van der Waals surface area (Å²) < 4.78 is 11.8. The average molecular weight is 383 g/mol. The fraction of sp³-hybridized carbons (Fsp3) is 0.300. The number of methoxy groups -OCH3 is 2. The molecule has 1 aliphatic rings. The fourth-order valence-electron chi connectivity index (χ4n) is 3.58. The minimum absolute atomic E-state index is 0.292. The van der Waals surface area contributed by atoms with Gasteiger partial charge >= 0.3 is 0 Å². The maximum absolute atomic E-state index is 11.3. The Morgan fingerprint density at radius 1 is 1.26 bits per heavy atom. The van der Waals surface area contributed by atoms with Crippen molar-refractivity contribution in [1.82, 2.24) is 4.98 Å². The number of hydrogen-bond acceptors (Lipinski definition) is 6. The van der Waals surface area contributed by atoms with Crippen LogP contribution in [0.2, 0.25) is 0 Å². The minimum atomic E-state index is -0.292. The average Bonchev–Trinajstić information content (AvgIpc) is 3.09. The summed E-state index contributed by atoms with van der Waals surface area (Å²) in [7, 11) is 3.26. The van der Waals surface area contributed by atoms with Gasteiger partial charge in [0.15, 0.2) is 16.6 Å². The van der Waals surface area contributed by atoms with Crippen LogP contribution in [-0.2, 0) is 24.2 Å². The molecule has 0 aliphatic carbocycles. The molecule has 0 bridgehead atoms. The molecule has 27 heavy (non-hydrogen) atoms. The summed E-state index contributed by atoms with van der Waals surface area (Å²) in [6.45, 7) is 1.63. The molecule has 4 rings (SSSR count). The zero-order valence-corrected chi connectivity index (χ0v) is 16.1. The molecule has 1 aromatic heterocycles. The van der Waals surface area contributed by atoms with E-state index in [1.54, 1.807) is 25.6 Å². The van der Waals surface area contributed by atoms with Crippen molar-refractivity contribution in [2.45, 2.75) is 19.4 Å². The number of hydrogen-bond donors (Lipinski definition) is 1. The van der Waals surface area contributed by atoms with Crippen LogP contribution in [0.15, 0.2) is 30.3 Å². The predicted molar refractivity (Wildman–Crippen MR) is 107 cm³/mol. The highest BCUT2D eigenvalue weighted by Gasteiger charge is 2.22. The number of benzene rings is 2. The van der Waals surface area contributed by atoms with E-state index in [4.69, 9.17) is 20.2 Å². The number of carbonyl (C=O) groups excluding carboxylic acids is 1. The molecular formula is C20H21N3O3S. The van der Waals surface area contributed by atoms with Crippen LogP contribution >= 0.6 is 11.3 Å². The molecule has 3 aromatic rings. The second-order valence-corrected chi connectivity index (χ2v) is 7.55. The number of nitrogens with two attached hydrogens (primary N) is 1. The zero-order chi connectivity index (χ0) is 19.0. The lowest BCUT2D eigenvalue weighted by Crippen LogP contribution is -2.31. The van der Waals surface area contributed by atoms with Crippen LogP contribution in [0, 0.1) is 0 Å². The molecule has 0 atom stereocenters. The second kappa shape index (κ2) is 7.08. The second-order valence-electron chi connectivity index (χ2n) is 6.54. The quantitative estimate of drug-likeness (QED) is 0.733. The van der Waals surface area contributed by atoms with Gasteiger partial charge in [-0.15, -0.1) is 0 Å². The first-order valence-electron chi connectivity index (χ1n) is 8.74. The standard InChI is InChI=1S/C20H21N3O3S/c1-25-16-9-15-18(10-17(16)26-2)27-20(22-15)23-7-6-14-12(8-19(21)24)4-3-5-13(14)11-23/h3-5,9-10H,6-8,11H2,1-2H3,(H2,21,24). The van der Waals surface area contributed by atoms with Crippen molar-refractivity contribution in [2.24, 2.45) is 5.73 Å². The van der Waals surface area contributed by atoms with Gasteiger partial charge < -0.3 is 20.1 Å². The Hall–Kier alpha value is -2.80. The number of amides is 1. The summed E-state index contributed by atoms with van der Waals surface area (Å²) in [5.74, 6) is 1.10. The molecule has 0 fully saturated rings. The number of aromatic nitrogens is 1. The van der Waals surface area contributed by atoms with Gasteiger partial charge in [0.1, 0.15) is 0 Å². The van der Waals surface area contributed by atoms with E-state index in [0.717, 1.165) is 40.4 Å². The molecule has 0 unspecified atom stereocenters. The highest BCUT2D eigenvalue weighted by Crippen LogP contribution is 2.38. The van der Waals surface area contributed by atoms with Crippen molar-refractivity contribution in [2.75, 3.05) is 25.7 Å². The predicted octanol–water partition coefficient (Wildman–Crippen LogP) is 2.90. The van der Waals surface area contributed by atoms with E-state index < -0.39 is 0 Å². The van der Waals surface area contributed by atoms with Crippen LogP contribution in [-0.4, -0.2) is 31.7 Å². The van der Waals surface area contributed by atoms with Crippen LogP contribution in [0.3, 0.4) is 0 Å². The third-order valence-corrected chi connectivity index (χ3v) is 5.96. The minimum Gasteiger partial charge on any atom is -0.493 e. The van der Waals surface area contributed by atoms with Crippen LogP contribution in [0.25, 0.3) is 10.2 Å². The summed E-state index contributed by atoms with van der Waals surface area (Å²) >= 11 is 1.65. The van der Waals surface area contributed by atoms with Gasteiger partial charge in [-0.3, -0.25) is 4.79 Å². The number of anilines is 1. The first kappa shape index (κ1) is 17.6. The first-order chi connectivity index (χ1) is 13.1. The molecule has 0 spiro atoms. The normalized spacial score (nSPS) is 13.5. The largest absolute Gasteiger partial charge is 0.493 e. The number of carbonyl (C=O) groups is 1. The summed E-state index contributed by atoms with van der Waals surface area (Å²) in [5, 5.41) is 0.978. The van der Waals surface area contributed by atoms with Gasteiger partial charge in [0.2, 0.25) is 5.91 Å². The lowest BCUT2D eigenvalue weighted by atomic mass is 9.93. The maximum Gasteiger partial charge on any atom is 0.221 e. The van der Waals surface area contributed by atoms with Gasteiger partial charge in [0, 0.05) is 25.2 Å². The number of nitrogens with zero attached hydrogens (tertiary/aromatic N) is 2. The third kappa shape index (κ3) is 3.30. The monoisotopic (exact) mass is 383 g/mol. The molecule has 6 nitrogen and oxygen atoms in total. The van der Waals surface area contributed by atoms with E-state index in [2.05, 4.69) is 11.0 Å². The fourth-order valence-corrected chi connectivity index (χ4v) is 4.58. The molecule has 140 valence electrons. The third-order valence-electron chi connectivity index (χ3n) is 4.88. The van der Waals surface area contributed by atoms with Gasteiger partial charge in [0.25, 0.3) is 0 Å². The molecule has 1 aliphatic heterocycles. The molecule has 1 amide bonds. The number of thiazole rings is 1.